The van der Waals surface area contributed by atoms with Crippen molar-refractivity contribution in [1.29, 1.82) is 0 Å². The minimum Gasteiger partial charge on any atom is -0.484 e. The molecule has 0 spiro atoms. The molecule has 1 atom stereocenters. The summed E-state index contributed by atoms with van der Waals surface area (Å²) in [7, 11) is 0. The molecule has 1 amide bonds. The normalized spacial score (nSPS) is 11.9. The second-order valence-corrected chi connectivity index (χ2v) is 6.35. The zero-order valence-corrected chi connectivity index (χ0v) is 14.8. The first-order valence-electron chi connectivity index (χ1n) is 8.52. The van der Waals surface area contributed by atoms with Gasteiger partial charge >= 0.3 is 5.63 Å². The van der Waals surface area contributed by atoms with E-state index in [1.807, 2.05) is 50.2 Å². The van der Waals surface area contributed by atoms with Crippen molar-refractivity contribution in [3.63, 3.8) is 0 Å². The first-order chi connectivity index (χ1) is 12.5. The molecule has 26 heavy (non-hydrogen) atoms. The number of carbonyl (C=O) groups excluding carboxylic acids is 1. The van der Waals surface area contributed by atoms with Crippen LogP contribution in [0.4, 0.5) is 0 Å². The van der Waals surface area contributed by atoms with Gasteiger partial charge in [0, 0.05) is 23.6 Å². The van der Waals surface area contributed by atoms with E-state index in [-0.39, 0.29) is 18.6 Å². The van der Waals surface area contributed by atoms with Crippen molar-refractivity contribution in [2.75, 3.05) is 6.61 Å². The van der Waals surface area contributed by atoms with Crippen molar-refractivity contribution in [3.8, 4) is 5.75 Å². The SMILES string of the molecule is Cc1cc(=O)oc2cc(OCC(=O)N[C@H](C)Cc3ccccc3)ccc12. The van der Waals surface area contributed by atoms with Gasteiger partial charge in [-0.1, -0.05) is 30.3 Å². The molecular weight excluding hydrogens is 330 g/mol. The maximum Gasteiger partial charge on any atom is 0.336 e. The Morgan fingerprint density at radius 3 is 2.69 bits per heavy atom. The zero-order valence-electron chi connectivity index (χ0n) is 14.8. The number of amides is 1. The van der Waals surface area contributed by atoms with Gasteiger partial charge in [-0.25, -0.2) is 4.79 Å². The maximum atomic E-state index is 12.1. The lowest BCUT2D eigenvalue weighted by Gasteiger charge is -2.14. The Hall–Kier alpha value is -3.08. The molecule has 0 unspecified atom stereocenters. The average molecular weight is 351 g/mol. The molecule has 0 aliphatic rings. The lowest BCUT2D eigenvalue weighted by atomic mass is 10.1. The van der Waals surface area contributed by atoms with Crippen LogP contribution in [0.3, 0.4) is 0 Å². The van der Waals surface area contributed by atoms with E-state index < -0.39 is 5.63 Å². The first kappa shape index (κ1) is 17.7. The molecule has 1 heterocycles. The highest BCUT2D eigenvalue weighted by Gasteiger charge is 2.10. The molecule has 0 radical (unpaired) electrons. The van der Waals surface area contributed by atoms with Crippen LogP contribution in [0.2, 0.25) is 0 Å². The molecular formula is C21H21NO4. The minimum atomic E-state index is -0.403. The van der Waals surface area contributed by atoms with Crippen LogP contribution in [0.15, 0.2) is 63.8 Å². The van der Waals surface area contributed by atoms with E-state index in [1.165, 1.54) is 11.6 Å². The molecule has 0 saturated heterocycles. The summed E-state index contributed by atoms with van der Waals surface area (Å²) in [4.78, 5) is 23.6. The summed E-state index contributed by atoms with van der Waals surface area (Å²) in [6.07, 6.45) is 0.757. The van der Waals surface area contributed by atoms with Gasteiger partial charge in [-0.15, -0.1) is 0 Å². The molecule has 5 nitrogen and oxygen atoms in total. The van der Waals surface area contributed by atoms with Crippen molar-refractivity contribution in [1.82, 2.24) is 5.32 Å². The standard InChI is InChI=1S/C21H21NO4/c1-14-10-21(24)26-19-12-17(8-9-18(14)19)25-13-20(23)22-15(2)11-16-6-4-3-5-7-16/h3-10,12,15H,11,13H2,1-2H3,(H,22,23)/t15-/m1/s1. The van der Waals surface area contributed by atoms with E-state index in [9.17, 15) is 9.59 Å². The largest absolute Gasteiger partial charge is 0.484 e. The van der Waals surface area contributed by atoms with Gasteiger partial charge in [0.25, 0.3) is 5.91 Å². The van der Waals surface area contributed by atoms with Gasteiger partial charge in [-0.3, -0.25) is 4.79 Å². The lowest BCUT2D eigenvalue weighted by Crippen LogP contribution is -2.37. The summed E-state index contributed by atoms with van der Waals surface area (Å²) < 4.78 is 10.7. The van der Waals surface area contributed by atoms with Gasteiger partial charge in [-0.2, -0.15) is 0 Å². The zero-order chi connectivity index (χ0) is 18.5. The third-order valence-corrected chi connectivity index (χ3v) is 4.08. The number of fused-ring (bicyclic) bond motifs is 1. The molecule has 134 valence electrons. The Bertz CT molecular complexity index is 963. The number of ether oxygens (including phenoxy) is 1. The average Bonchev–Trinajstić information content (AvgIpc) is 2.60. The summed E-state index contributed by atoms with van der Waals surface area (Å²) in [6.45, 7) is 3.71. The molecule has 0 aliphatic carbocycles. The van der Waals surface area contributed by atoms with Crippen LogP contribution in [0.25, 0.3) is 11.0 Å². The smallest absolute Gasteiger partial charge is 0.336 e. The van der Waals surface area contributed by atoms with E-state index in [0.717, 1.165) is 17.4 Å². The van der Waals surface area contributed by atoms with E-state index >= 15 is 0 Å². The van der Waals surface area contributed by atoms with Crippen LogP contribution in [-0.4, -0.2) is 18.6 Å². The van der Waals surface area contributed by atoms with Crippen molar-refractivity contribution < 1.29 is 13.9 Å². The van der Waals surface area contributed by atoms with E-state index in [4.69, 9.17) is 9.15 Å². The van der Waals surface area contributed by atoms with Crippen LogP contribution < -0.4 is 15.7 Å². The first-order valence-corrected chi connectivity index (χ1v) is 8.52. The monoisotopic (exact) mass is 351 g/mol. The van der Waals surface area contributed by atoms with Gasteiger partial charge in [0.1, 0.15) is 11.3 Å². The van der Waals surface area contributed by atoms with Crippen molar-refractivity contribution in [3.05, 3.63) is 76.1 Å². The lowest BCUT2D eigenvalue weighted by molar-refractivity contribution is -0.123. The van der Waals surface area contributed by atoms with Gasteiger partial charge in [-0.05, 0) is 43.5 Å². The van der Waals surface area contributed by atoms with Crippen LogP contribution in [0, 0.1) is 6.92 Å². The van der Waals surface area contributed by atoms with Gasteiger partial charge in [0.15, 0.2) is 6.61 Å². The second kappa shape index (κ2) is 7.87. The third-order valence-electron chi connectivity index (χ3n) is 4.08. The quantitative estimate of drug-likeness (QED) is 0.692. The molecule has 0 saturated carbocycles. The fraction of sp³-hybridized carbons (Fsp3) is 0.238. The molecule has 3 rings (SSSR count). The van der Waals surface area contributed by atoms with Gasteiger partial charge in [0.05, 0.1) is 0 Å². The molecule has 0 bridgehead atoms. The van der Waals surface area contributed by atoms with E-state index in [1.54, 1.807) is 12.1 Å². The van der Waals surface area contributed by atoms with Gasteiger partial charge in [0.2, 0.25) is 0 Å². The second-order valence-electron chi connectivity index (χ2n) is 6.35. The number of hydrogen-bond acceptors (Lipinski definition) is 4. The Morgan fingerprint density at radius 2 is 1.92 bits per heavy atom. The molecule has 1 N–H and O–H groups in total. The molecule has 2 aromatic carbocycles. The van der Waals surface area contributed by atoms with Crippen molar-refractivity contribution >= 4 is 16.9 Å². The predicted octanol–water partition coefficient (Wildman–Crippen LogP) is 3.23. The molecule has 5 heteroatoms. The molecule has 0 fully saturated rings. The highest BCUT2D eigenvalue weighted by molar-refractivity contribution is 5.81. The number of carbonyl (C=O) groups is 1. The summed E-state index contributed by atoms with van der Waals surface area (Å²) in [5.41, 5.74) is 2.06. The fourth-order valence-corrected chi connectivity index (χ4v) is 2.88. The van der Waals surface area contributed by atoms with E-state index in [2.05, 4.69) is 5.32 Å². The summed E-state index contributed by atoms with van der Waals surface area (Å²) >= 11 is 0. The summed E-state index contributed by atoms with van der Waals surface area (Å²) in [5, 5.41) is 3.76. The number of aryl methyl sites for hydroxylation is 1. The Labute approximate surface area is 151 Å². The third kappa shape index (κ3) is 4.51. The van der Waals surface area contributed by atoms with Crippen LogP contribution >= 0.6 is 0 Å². The Kier molecular flexibility index (Phi) is 5.37. The van der Waals surface area contributed by atoms with Crippen LogP contribution in [0.1, 0.15) is 18.1 Å². The number of hydrogen-bond donors (Lipinski definition) is 1. The van der Waals surface area contributed by atoms with Crippen molar-refractivity contribution in [2.45, 2.75) is 26.3 Å². The predicted molar refractivity (Wildman–Crippen MR) is 100 cm³/mol. The van der Waals surface area contributed by atoms with Crippen molar-refractivity contribution in [2.24, 2.45) is 0 Å². The van der Waals surface area contributed by atoms with Crippen LogP contribution in [-0.2, 0) is 11.2 Å². The number of rotatable bonds is 6. The summed E-state index contributed by atoms with van der Waals surface area (Å²) in [6, 6.07) is 16.6. The fourth-order valence-electron chi connectivity index (χ4n) is 2.88. The molecule has 1 aromatic heterocycles. The van der Waals surface area contributed by atoms with Gasteiger partial charge < -0.3 is 14.5 Å². The molecule has 0 aliphatic heterocycles. The highest BCUT2D eigenvalue weighted by atomic mass is 16.5. The maximum absolute atomic E-state index is 12.1. The Morgan fingerprint density at radius 1 is 1.15 bits per heavy atom. The minimum absolute atomic E-state index is 0.00535. The highest BCUT2D eigenvalue weighted by Crippen LogP contribution is 2.22. The molecule has 3 aromatic rings. The van der Waals surface area contributed by atoms with Crippen LogP contribution in [0.5, 0.6) is 5.75 Å². The summed E-state index contributed by atoms with van der Waals surface area (Å²) in [5.74, 6) is 0.288. The van der Waals surface area contributed by atoms with E-state index in [0.29, 0.717) is 11.3 Å². The number of benzene rings is 2. The Balaban J connectivity index is 1.57. The number of nitrogens with one attached hydrogen (secondary N) is 1. The topological polar surface area (TPSA) is 68.5 Å².